The SMILES string of the molecule is CC(C)[C@H](N)C(=O)OCOc1c2n(ccc1=O)N(C1c3ccccc3CSc3ccccc31)CN(C(C)C)C2=O. The van der Waals surface area contributed by atoms with E-state index >= 15 is 0 Å². The van der Waals surface area contributed by atoms with Crippen molar-refractivity contribution in [3.63, 3.8) is 0 Å². The third-order valence-electron chi connectivity index (χ3n) is 7.34. The first-order chi connectivity index (χ1) is 19.2. The van der Waals surface area contributed by atoms with Crippen molar-refractivity contribution in [1.82, 2.24) is 9.58 Å². The van der Waals surface area contributed by atoms with Crippen LogP contribution in [-0.4, -0.2) is 47.0 Å². The van der Waals surface area contributed by atoms with Gasteiger partial charge in [0.05, 0.1) is 6.04 Å². The highest BCUT2D eigenvalue weighted by atomic mass is 32.2. The molecule has 0 fully saturated rings. The Balaban J connectivity index is 1.62. The molecule has 3 heterocycles. The van der Waals surface area contributed by atoms with E-state index < -0.39 is 24.2 Å². The number of esters is 1. The number of carbonyl (C=O) groups excluding carboxylic acids is 2. The number of carbonyl (C=O) groups is 2. The van der Waals surface area contributed by atoms with Crippen LogP contribution in [0.5, 0.6) is 5.75 Å². The van der Waals surface area contributed by atoms with E-state index in [0.717, 1.165) is 21.8 Å². The van der Waals surface area contributed by atoms with Crippen molar-refractivity contribution in [2.24, 2.45) is 11.7 Å². The van der Waals surface area contributed by atoms with Crippen molar-refractivity contribution in [2.75, 3.05) is 18.5 Å². The topological polar surface area (TPSA) is 107 Å². The zero-order chi connectivity index (χ0) is 28.6. The molecule has 2 aliphatic rings. The van der Waals surface area contributed by atoms with Gasteiger partial charge in [0.15, 0.2) is 5.69 Å². The number of thioether (sulfide) groups is 1. The van der Waals surface area contributed by atoms with Gasteiger partial charge in [0, 0.05) is 29.0 Å². The lowest BCUT2D eigenvalue weighted by atomic mass is 9.94. The fourth-order valence-electron chi connectivity index (χ4n) is 5.02. The number of hydrogen-bond acceptors (Lipinski definition) is 8. The number of aromatic nitrogens is 1. The summed E-state index contributed by atoms with van der Waals surface area (Å²) in [6, 6.07) is 16.7. The number of ether oxygens (including phenoxy) is 2. The average Bonchev–Trinajstić information content (AvgIpc) is 3.10. The molecular weight excluding hydrogens is 528 g/mol. The van der Waals surface area contributed by atoms with Crippen molar-refractivity contribution < 1.29 is 19.1 Å². The molecule has 0 bridgehead atoms. The predicted molar refractivity (Wildman–Crippen MR) is 154 cm³/mol. The van der Waals surface area contributed by atoms with Crippen molar-refractivity contribution in [2.45, 2.75) is 56.5 Å². The van der Waals surface area contributed by atoms with Gasteiger partial charge in [0.2, 0.25) is 18.0 Å². The molecule has 210 valence electrons. The van der Waals surface area contributed by atoms with E-state index in [4.69, 9.17) is 15.2 Å². The van der Waals surface area contributed by atoms with Crippen LogP contribution in [0.25, 0.3) is 0 Å². The number of nitrogens with zero attached hydrogens (tertiary/aromatic N) is 3. The Morgan fingerprint density at radius 3 is 2.45 bits per heavy atom. The number of amides is 1. The zero-order valence-corrected chi connectivity index (χ0v) is 23.9. The highest BCUT2D eigenvalue weighted by molar-refractivity contribution is 7.98. The minimum absolute atomic E-state index is 0.0866. The molecule has 0 aliphatic carbocycles. The zero-order valence-electron chi connectivity index (χ0n) is 23.1. The van der Waals surface area contributed by atoms with Gasteiger partial charge in [-0.05, 0) is 42.5 Å². The average molecular weight is 563 g/mol. The van der Waals surface area contributed by atoms with E-state index in [1.54, 1.807) is 27.5 Å². The minimum Gasteiger partial charge on any atom is -0.451 e. The van der Waals surface area contributed by atoms with Crippen molar-refractivity contribution in [1.29, 1.82) is 0 Å². The van der Waals surface area contributed by atoms with Gasteiger partial charge in [-0.25, -0.2) is 0 Å². The maximum absolute atomic E-state index is 13.8. The number of nitrogens with two attached hydrogens (primary N) is 1. The highest BCUT2D eigenvalue weighted by Crippen LogP contribution is 2.43. The Morgan fingerprint density at radius 1 is 1.02 bits per heavy atom. The summed E-state index contributed by atoms with van der Waals surface area (Å²) in [5, 5.41) is 2.09. The minimum atomic E-state index is -0.823. The van der Waals surface area contributed by atoms with E-state index in [1.165, 1.54) is 11.6 Å². The highest BCUT2D eigenvalue weighted by Gasteiger charge is 2.39. The Hall–Kier alpha value is -3.76. The third kappa shape index (κ3) is 5.09. The first-order valence-electron chi connectivity index (χ1n) is 13.4. The lowest BCUT2D eigenvalue weighted by Gasteiger charge is -2.45. The molecule has 5 rings (SSSR count). The van der Waals surface area contributed by atoms with E-state index in [1.807, 2.05) is 52.0 Å². The maximum atomic E-state index is 13.8. The van der Waals surface area contributed by atoms with Crippen molar-refractivity contribution >= 4 is 23.6 Å². The second kappa shape index (κ2) is 11.4. The number of pyridine rings is 1. The molecule has 3 aromatic rings. The van der Waals surface area contributed by atoms with Crippen LogP contribution in [0, 0.1) is 5.92 Å². The molecule has 1 amide bonds. The fourth-order valence-corrected chi connectivity index (χ4v) is 6.11. The number of fused-ring (bicyclic) bond motifs is 3. The van der Waals surface area contributed by atoms with Gasteiger partial charge in [-0.1, -0.05) is 56.3 Å². The van der Waals surface area contributed by atoms with Gasteiger partial charge in [-0.3, -0.25) is 24.1 Å². The Labute approximate surface area is 237 Å². The van der Waals surface area contributed by atoms with Gasteiger partial charge >= 0.3 is 5.97 Å². The van der Waals surface area contributed by atoms with Gasteiger partial charge < -0.3 is 20.1 Å². The van der Waals surface area contributed by atoms with E-state index in [2.05, 4.69) is 29.3 Å². The first kappa shape index (κ1) is 27.8. The van der Waals surface area contributed by atoms with Crippen LogP contribution in [0.3, 0.4) is 0 Å². The lowest BCUT2D eigenvalue weighted by Crippen LogP contribution is -2.57. The molecule has 2 aliphatic heterocycles. The summed E-state index contributed by atoms with van der Waals surface area (Å²) in [6.07, 6.45) is 1.62. The normalized spacial score (nSPS) is 17.2. The molecule has 40 heavy (non-hydrogen) atoms. The second-order valence-electron chi connectivity index (χ2n) is 10.6. The van der Waals surface area contributed by atoms with E-state index in [-0.39, 0.29) is 35.4 Å². The molecule has 0 saturated heterocycles. The van der Waals surface area contributed by atoms with Crippen molar-refractivity contribution in [3.05, 3.63) is 93.4 Å². The summed E-state index contributed by atoms with van der Waals surface area (Å²) in [6.45, 7) is 7.25. The quantitative estimate of drug-likeness (QED) is 0.342. The smallest absolute Gasteiger partial charge is 0.326 e. The van der Waals surface area contributed by atoms with E-state index in [9.17, 15) is 14.4 Å². The van der Waals surface area contributed by atoms with Gasteiger partial charge in [-0.15, -0.1) is 11.8 Å². The monoisotopic (exact) mass is 562 g/mol. The summed E-state index contributed by atoms with van der Waals surface area (Å²) in [5.41, 5.74) is 8.93. The molecular formula is C30H34N4O5S. The molecule has 0 radical (unpaired) electrons. The molecule has 0 spiro atoms. The van der Waals surface area contributed by atoms with Crippen LogP contribution in [0.1, 0.15) is 60.9 Å². The standard InChI is InChI=1S/C30H34N4O5S/c1-18(2)25(31)30(37)39-17-38-28-23(35)13-14-33-27(28)29(36)32(19(3)4)16-34(33)26-21-10-6-5-9-20(21)15-40-24-12-8-7-11-22(24)26/h5-14,18-19,25-26H,15-17,31H2,1-4H3/t25-,26?/m0/s1. The summed E-state index contributed by atoms with van der Waals surface area (Å²) in [5.74, 6) is -0.451. The van der Waals surface area contributed by atoms with E-state index in [0.29, 0.717) is 6.67 Å². The summed E-state index contributed by atoms with van der Waals surface area (Å²) in [7, 11) is 0. The van der Waals surface area contributed by atoms with Crippen LogP contribution in [0.4, 0.5) is 0 Å². The molecule has 2 N–H and O–H groups in total. The largest absolute Gasteiger partial charge is 0.451 e. The summed E-state index contributed by atoms with van der Waals surface area (Å²) in [4.78, 5) is 42.1. The maximum Gasteiger partial charge on any atom is 0.326 e. The number of hydrogen-bond donors (Lipinski definition) is 1. The molecule has 1 aromatic heterocycles. The number of rotatable bonds is 7. The number of benzene rings is 2. The van der Waals surface area contributed by atoms with Crippen LogP contribution >= 0.6 is 11.8 Å². The first-order valence-corrected chi connectivity index (χ1v) is 14.4. The Kier molecular flexibility index (Phi) is 7.91. The molecule has 0 saturated carbocycles. The Bertz CT molecular complexity index is 1440. The van der Waals surface area contributed by atoms with Crippen molar-refractivity contribution in [3.8, 4) is 5.75 Å². The second-order valence-corrected chi connectivity index (χ2v) is 11.6. The van der Waals surface area contributed by atoms with Crippen LogP contribution in [0.2, 0.25) is 0 Å². The molecule has 2 atom stereocenters. The third-order valence-corrected chi connectivity index (χ3v) is 8.47. The van der Waals surface area contributed by atoms with Crippen LogP contribution in [0.15, 0.2) is 70.5 Å². The molecule has 2 aromatic carbocycles. The molecule has 10 heteroatoms. The van der Waals surface area contributed by atoms with Gasteiger partial charge in [0.25, 0.3) is 5.91 Å². The molecule has 1 unspecified atom stereocenters. The van der Waals surface area contributed by atoms with Gasteiger partial charge in [0.1, 0.15) is 12.7 Å². The van der Waals surface area contributed by atoms with Crippen LogP contribution in [-0.2, 0) is 15.3 Å². The van der Waals surface area contributed by atoms with Gasteiger partial charge in [-0.2, -0.15) is 0 Å². The van der Waals surface area contributed by atoms with Crippen LogP contribution < -0.4 is 20.9 Å². The lowest BCUT2D eigenvalue weighted by molar-refractivity contribution is -0.152. The summed E-state index contributed by atoms with van der Waals surface area (Å²) >= 11 is 1.78. The Morgan fingerprint density at radius 2 is 1.73 bits per heavy atom. The molecule has 9 nitrogen and oxygen atoms in total. The summed E-state index contributed by atoms with van der Waals surface area (Å²) < 4.78 is 12.6. The fraction of sp³-hybridized carbons (Fsp3) is 0.367. The predicted octanol–water partition coefficient (Wildman–Crippen LogP) is 3.87.